The number of urea groups is 1. The quantitative estimate of drug-likeness (QED) is 0.0996. The number of benzene rings is 3. The van der Waals surface area contributed by atoms with Crippen LogP contribution in [0.15, 0.2) is 73.1 Å². The number of halogens is 1. The van der Waals surface area contributed by atoms with E-state index in [1.165, 1.54) is 5.56 Å². The summed E-state index contributed by atoms with van der Waals surface area (Å²) in [6.45, 7) is 3.39. The number of carbonyl (C=O) groups excluding carboxylic acids is 2. The van der Waals surface area contributed by atoms with E-state index in [9.17, 15) is 24.6 Å². The predicted molar refractivity (Wildman–Crippen MR) is 193 cm³/mol. The number of anilines is 2. The third-order valence-corrected chi connectivity index (χ3v) is 9.73. The molecule has 4 aromatic rings. The number of amides is 3. The van der Waals surface area contributed by atoms with Crippen molar-refractivity contribution in [3.63, 3.8) is 0 Å². The lowest BCUT2D eigenvalue weighted by Gasteiger charge is -2.30. The molecule has 0 unspecified atom stereocenters. The number of aromatic nitrogens is 2. The van der Waals surface area contributed by atoms with Crippen molar-refractivity contribution in [1.82, 2.24) is 15.1 Å². The van der Waals surface area contributed by atoms with Crippen LogP contribution in [-0.2, 0) is 16.1 Å². The lowest BCUT2D eigenvalue weighted by Crippen LogP contribution is -2.37. The molecule has 13 heteroatoms. The first-order chi connectivity index (χ1) is 24.5. The molecule has 0 radical (unpaired) electrons. The number of hydrogen-bond donors (Lipinski definition) is 5. The van der Waals surface area contributed by atoms with Crippen LogP contribution in [0.25, 0.3) is 11.1 Å². The molecular weight excluding hydrogens is 674 g/mol. The van der Waals surface area contributed by atoms with E-state index in [-0.39, 0.29) is 18.9 Å². The van der Waals surface area contributed by atoms with E-state index in [4.69, 9.17) is 21.4 Å². The average molecular weight is 716 g/mol. The standard InChI is InChI=1S/C38H42ClN5O7/c1-23-32(39)9-4-11-34(23)51-13-5-12-35(47)44-22-25-15-31(25)37-30(8-3-10-33(37)44)26-18-41-43(21-26)20-24-6-2-7-27(14-24)42-38(50)40-19-29(46)16-28(45)17-36(48)49/h2-4,6-11,14,18,21,25,28-29,31,45-46H,5,12-13,15-17,19-20,22H2,1H3,(H,48,49)(H2,40,42,50)/t25-,28+,29-,31-/m0/s1. The van der Waals surface area contributed by atoms with Gasteiger partial charge in [-0.25, -0.2) is 4.79 Å². The summed E-state index contributed by atoms with van der Waals surface area (Å²) in [5, 5.41) is 39.0. The number of ether oxygens (including phenoxy) is 1. The SMILES string of the molecule is Cc1c(Cl)cccc1OCCCC(=O)N1C[C@@H]2C[C@@H]2c2c(-c3cnn(Cc4cccc(NC(=O)NC[C@@H](O)C[C@@H](O)CC(=O)O)c4)c3)cccc21. The fourth-order valence-corrected chi connectivity index (χ4v) is 6.84. The van der Waals surface area contributed by atoms with Crippen LogP contribution in [0.2, 0.25) is 5.02 Å². The van der Waals surface area contributed by atoms with Crippen molar-refractivity contribution < 1.29 is 34.4 Å². The van der Waals surface area contributed by atoms with E-state index in [0.717, 1.165) is 46.7 Å². The molecule has 1 aromatic heterocycles. The minimum absolute atomic E-state index is 0.0914. The zero-order valence-corrected chi connectivity index (χ0v) is 29.1. The second-order valence-electron chi connectivity index (χ2n) is 13.3. The number of aliphatic carboxylic acids is 1. The Kier molecular flexibility index (Phi) is 11.2. The predicted octanol–water partition coefficient (Wildman–Crippen LogP) is 5.58. The Morgan fingerprint density at radius 1 is 1.08 bits per heavy atom. The first kappa shape index (κ1) is 35.9. The normalized spacial score (nSPS) is 17.1. The van der Waals surface area contributed by atoms with Gasteiger partial charge in [-0.2, -0.15) is 5.10 Å². The van der Waals surface area contributed by atoms with Crippen molar-refractivity contribution >= 4 is 40.9 Å². The summed E-state index contributed by atoms with van der Waals surface area (Å²) in [5.74, 6) is 0.528. The van der Waals surface area contributed by atoms with Crippen LogP contribution >= 0.6 is 11.6 Å². The maximum atomic E-state index is 13.5. The lowest BCUT2D eigenvalue weighted by atomic mass is 9.92. The van der Waals surface area contributed by atoms with Crippen molar-refractivity contribution in [3.05, 3.63) is 94.8 Å². The van der Waals surface area contributed by atoms with E-state index in [2.05, 4.69) is 21.8 Å². The first-order valence-corrected chi connectivity index (χ1v) is 17.5. The first-order valence-electron chi connectivity index (χ1n) is 17.1. The van der Waals surface area contributed by atoms with Gasteiger partial charge in [-0.1, -0.05) is 41.9 Å². The van der Waals surface area contributed by atoms with Gasteiger partial charge >= 0.3 is 12.0 Å². The topological polar surface area (TPSA) is 166 Å². The molecule has 6 rings (SSSR count). The fraction of sp³-hybridized carbons (Fsp3) is 0.368. The highest BCUT2D eigenvalue weighted by Crippen LogP contribution is 2.57. The molecule has 1 fully saturated rings. The highest BCUT2D eigenvalue weighted by molar-refractivity contribution is 6.31. The Morgan fingerprint density at radius 2 is 1.88 bits per heavy atom. The van der Waals surface area contributed by atoms with Crippen LogP contribution < -0.4 is 20.3 Å². The molecule has 0 bridgehead atoms. The van der Waals surface area contributed by atoms with Crippen LogP contribution in [-0.4, -0.2) is 74.9 Å². The molecular formula is C38H42ClN5O7. The minimum Gasteiger partial charge on any atom is -0.493 e. The maximum absolute atomic E-state index is 13.5. The van der Waals surface area contributed by atoms with Crippen LogP contribution in [0.3, 0.4) is 0 Å². The van der Waals surface area contributed by atoms with Gasteiger partial charge in [0, 0.05) is 59.7 Å². The zero-order chi connectivity index (χ0) is 36.1. The average Bonchev–Trinajstić information content (AvgIpc) is 3.74. The highest BCUT2D eigenvalue weighted by Gasteiger charge is 2.47. The monoisotopic (exact) mass is 715 g/mol. The molecule has 1 saturated carbocycles. The third kappa shape index (κ3) is 9.07. The van der Waals surface area contributed by atoms with Crippen LogP contribution in [0, 0.1) is 12.8 Å². The van der Waals surface area contributed by atoms with Gasteiger partial charge in [-0.3, -0.25) is 14.3 Å². The summed E-state index contributed by atoms with van der Waals surface area (Å²) < 4.78 is 7.76. The molecule has 0 saturated heterocycles. The van der Waals surface area contributed by atoms with E-state index >= 15 is 0 Å². The Balaban J connectivity index is 1.05. The summed E-state index contributed by atoms with van der Waals surface area (Å²) in [4.78, 5) is 38.6. The largest absolute Gasteiger partial charge is 0.493 e. The van der Waals surface area contributed by atoms with Gasteiger partial charge < -0.3 is 35.6 Å². The molecule has 4 atom stereocenters. The number of aliphatic hydroxyl groups excluding tert-OH is 2. The number of carboxylic acids is 1. The van der Waals surface area contributed by atoms with Crippen LogP contribution in [0.1, 0.15) is 54.7 Å². The number of aliphatic hydroxyl groups is 2. The second kappa shape index (κ2) is 16.0. The minimum atomic E-state index is -1.20. The maximum Gasteiger partial charge on any atom is 0.319 e. The summed E-state index contributed by atoms with van der Waals surface area (Å²) in [6.07, 6.45) is 2.94. The third-order valence-electron chi connectivity index (χ3n) is 9.32. The number of nitrogens with zero attached hydrogens (tertiary/aromatic N) is 3. The summed E-state index contributed by atoms with van der Waals surface area (Å²) in [6, 6.07) is 18.5. The molecule has 2 heterocycles. The van der Waals surface area contributed by atoms with E-state index in [0.29, 0.717) is 48.5 Å². The number of hydrogen-bond acceptors (Lipinski definition) is 7. The Bertz CT molecular complexity index is 1900. The van der Waals surface area contributed by atoms with Gasteiger partial charge in [0.05, 0.1) is 38.0 Å². The number of nitrogens with one attached hydrogen (secondary N) is 2. The zero-order valence-electron chi connectivity index (χ0n) is 28.3. The van der Waals surface area contributed by atoms with E-state index in [1.54, 1.807) is 6.07 Å². The van der Waals surface area contributed by atoms with Crippen LogP contribution in [0.5, 0.6) is 5.75 Å². The van der Waals surface area contributed by atoms with E-state index < -0.39 is 30.6 Å². The Labute approximate surface area is 301 Å². The smallest absolute Gasteiger partial charge is 0.319 e. The molecule has 1 aliphatic heterocycles. The van der Waals surface area contributed by atoms with Gasteiger partial charge in [0.15, 0.2) is 0 Å². The number of fused-ring (bicyclic) bond motifs is 3. The van der Waals surface area contributed by atoms with Crippen molar-refractivity contribution in [2.24, 2.45) is 5.92 Å². The fourth-order valence-electron chi connectivity index (χ4n) is 6.68. The van der Waals surface area contributed by atoms with Gasteiger partial charge in [0.2, 0.25) is 5.91 Å². The number of rotatable bonds is 15. The lowest BCUT2D eigenvalue weighted by molar-refractivity contribution is -0.139. The van der Waals surface area contributed by atoms with Gasteiger partial charge in [0.25, 0.3) is 0 Å². The Morgan fingerprint density at radius 3 is 2.71 bits per heavy atom. The summed E-state index contributed by atoms with van der Waals surface area (Å²) >= 11 is 6.21. The summed E-state index contributed by atoms with van der Waals surface area (Å²) in [7, 11) is 0. The molecule has 268 valence electrons. The van der Waals surface area contributed by atoms with Gasteiger partial charge in [-0.05, 0) is 78.6 Å². The molecule has 2 aliphatic rings. The molecule has 5 N–H and O–H groups in total. The van der Waals surface area contributed by atoms with Crippen molar-refractivity contribution in [2.45, 2.75) is 63.7 Å². The molecule has 0 spiro atoms. The van der Waals surface area contributed by atoms with Gasteiger partial charge in [0.1, 0.15) is 5.75 Å². The highest BCUT2D eigenvalue weighted by atomic mass is 35.5. The molecule has 3 aromatic carbocycles. The Hall–Kier alpha value is -4.91. The van der Waals surface area contributed by atoms with E-state index in [1.807, 2.05) is 77.4 Å². The van der Waals surface area contributed by atoms with Crippen molar-refractivity contribution in [2.75, 3.05) is 29.9 Å². The number of carbonyl (C=O) groups is 3. The van der Waals surface area contributed by atoms with Crippen molar-refractivity contribution in [1.29, 1.82) is 0 Å². The molecule has 1 aliphatic carbocycles. The molecule has 51 heavy (non-hydrogen) atoms. The molecule has 3 amide bonds. The van der Waals surface area contributed by atoms with Crippen LogP contribution in [0.4, 0.5) is 16.2 Å². The second-order valence-corrected chi connectivity index (χ2v) is 13.7. The van der Waals surface area contributed by atoms with Gasteiger partial charge in [-0.15, -0.1) is 0 Å². The van der Waals surface area contributed by atoms with Crippen molar-refractivity contribution in [3.8, 4) is 16.9 Å². The molecule has 12 nitrogen and oxygen atoms in total. The summed E-state index contributed by atoms with van der Waals surface area (Å²) in [5.41, 5.74) is 6.56. The number of carboxylic acid groups (broad SMARTS) is 1.